The first-order valence-corrected chi connectivity index (χ1v) is 14.5. The number of ketones is 1. The fourth-order valence-corrected chi connectivity index (χ4v) is 5.65. The molecule has 1 aromatic carbocycles. The first kappa shape index (κ1) is 29.9. The summed E-state index contributed by atoms with van der Waals surface area (Å²) in [5.41, 5.74) is -0.938. The number of hydrogen-bond donors (Lipinski definition) is 3. The number of carbonyl (C=O) groups excluding carboxylic acids is 4. The van der Waals surface area contributed by atoms with E-state index in [4.69, 9.17) is 18.9 Å². The second-order valence-corrected chi connectivity index (χ2v) is 13.6. The highest BCUT2D eigenvalue weighted by Gasteiger charge is 2.59. The number of aliphatic hydroxyl groups is 1. The molecule has 11 heteroatoms. The molecule has 5 rings (SSSR count). The lowest BCUT2D eigenvalue weighted by Gasteiger charge is -2.44. The number of esters is 2. The second-order valence-electron chi connectivity index (χ2n) is 13.6. The summed E-state index contributed by atoms with van der Waals surface area (Å²) >= 11 is 0. The summed E-state index contributed by atoms with van der Waals surface area (Å²) in [6.45, 7) is 10.8. The lowest BCUT2D eigenvalue weighted by atomic mass is 9.65. The highest BCUT2D eigenvalue weighted by molar-refractivity contribution is 5.91. The number of Topliss-reactive ketones (excluding diaryl/α,β-unsaturated/α-hetero) is 1. The van der Waals surface area contributed by atoms with Crippen molar-refractivity contribution in [2.75, 3.05) is 6.54 Å². The molecular weight excluding hydrogens is 544 g/mol. The van der Waals surface area contributed by atoms with E-state index in [2.05, 4.69) is 10.6 Å². The molecule has 4 aliphatic rings. The van der Waals surface area contributed by atoms with Gasteiger partial charge in [-0.3, -0.25) is 9.59 Å². The maximum atomic E-state index is 13.2. The van der Waals surface area contributed by atoms with Gasteiger partial charge in [0.2, 0.25) is 0 Å². The summed E-state index contributed by atoms with van der Waals surface area (Å²) in [6, 6.07) is 1.95. The van der Waals surface area contributed by atoms with Crippen molar-refractivity contribution < 1.29 is 43.2 Å². The number of carbonyl (C=O) groups is 4. The van der Waals surface area contributed by atoms with Gasteiger partial charge in [0, 0.05) is 24.2 Å². The van der Waals surface area contributed by atoms with Gasteiger partial charge in [0.15, 0.2) is 23.4 Å². The Balaban J connectivity index is 1.38. The number of amides is 1. The molecule has 0 spiro atoms. The van der Waals surface area contributed by atoms with Crippen molar-refractivity contribution in [2.24, 2.45) is 5.92 Å². The predicted octanol–water partition coefficient (Wildman–Crippen LogP) is 3.51. The smallest absolute Gasteiger partial charge is 0.408 e. The molecule has 0 bridgehead atoms. The Kier molecular flexibility index (Phi) is 7.53. The van der Waals surface area contributed by atoms with Gasteiger partial charge in [-0.05, 0) is 84.4 Å². The highest BCUT2D eigenvalue weighted by Crippen LogP contribution is 2.58. The van der Waals surface area contributed by atoms with Crippen LogP contribution in [0.15, 0.2) is 17.8 Å². The van der Waals surface area contributed by atoms with Gasteiger partial charge in [0.05, 0.1) is 12.3 Å². The number of benzene rings is 1. The van der Waals surface area contributed by atoms with Gasteiger partial charge >= 0.3 is 18.0 Å². The van der Waals surface area contributed by atoms with E-state index in [1.807, 2.05) is 6.08 Å². The molecular formula is C31H40N2O9. The van der Waals surface area contributed by atoms with Crippen molar-refractivity contribution >= 4 is 29.9 Å². The summed E-state index contributed by atoms with van der Waals surface area (Å²) < 4.78 is 22.4. The lowest BCUT2D eigenvalue weighted by Crippen LogP contribution is -2.54. The van der Waals surface area contributed by atoms with Gasteiger partial charge in [0.25, 0.3) is 0 Å². The van der Waals surface area contributed by atoms with Gasteiger partial charge in [0.1, 0.15) is 22.8 Å². The molecule has 3 aliphatic carbocycles. The Morgan fingerprint density at radius 1 is 1.10 bits per heavy atom. The van der Waals surface area contributed by atoms with Crippen LogP contribution in [0.5, 0.6) is 11.5 Å². The number of nitrogens with one attached hydrogen (secondary N) is 2. The van der Waals surface area contributed by atoms with Crippen LogP contribution in [0.2, 0.25) is 0 Å². The van der Waals surface area contributed by atoms with E-state index in [0.29, 0.717) is 17.2 Å². The van der Waals surface area contributed by atoms with E-state index in [0.717, 1.165) is 24.9 Å². The van der Waals surface area contributed by atoms with Crippen LogP contribution in [0.3, 0.4) is 0 Å². The number of rotatable bonds is 8. The van der Waals surface area contributed by atoms with Crippen molar-refractivity contribution in [1.29, 1.82) is 0 Å². The average molecular weight is 585 g/mol. The van der Waals surface area contributed by atoms with Crippen molar-refractivity contribution in [3.05, 3.63) is 29.0 Å². The maximum absolute atomic E-state index is 13.2. The minimum Gasteiger partial charge on any atom is -0.478 e. The molecule has 2 unspecified atom stereocenters. The molecule has 0 radical (unpaired) electrons. The van der Waals surface area contributed by atoms with Crippen LogP contribution >= 0.6 is 0 Å². The van der Waals surface area contributed by atoms with Crippen LogP contribution in [0, 0.1) is 5.92 Å². The van der Waals surface area contributed by atoms with E-state index in [1.54, 1.807) is 53.7 Å². The van der Waals surface area contributed by atoms with Gasteiger partial charge in [-0.25, -0.2) is 9.59 Å². The Bertz CT molecular complexity index is 1330. The van der Waals surface area contributed by atoms with Crippen molar-refractivity contribution in [3.63, 3.8) is 0 Å². The van der Waals surface area contributed by atoms with Gasteiger partial charge in [-0.1, -0.05) is 6.07 Å². The third-order valence-corrected chi connectivity index (χ3v) is 7.66. The summed E-state index contributed by atoms with van der Waals surface area (Å²) in [4.78, 5) is 51.4. The van der Waals surface area contributed by atoms with E-state index in [-0.39, 0.29) is 30.1 Å². The minimum atomic E-state index is -1.38. The van der Waals surface area contributed by atoms with Gasteiger partial charge in [-0.15, -0.1) is 0 Å². The zero-order valence-electron chi connectivity index (χ0n) is 25.0. The first-order valence-electron chi connectivity index (χ1n) is 14.5. The standard InChI is InChI=1S/C31H40N2O9/c1-29(2,3)41-27(36)18(33-28(37)42-30(4,5)6)14-22(35)39-20-10-9-17-13-21(32-15-16-7-8-16)31(38)12-11-19(34)25-24(31)23(17)26(20)40-25/h9-10,13,16,18,24-25,32,38H,7-8,11-12,14-15H2,1-6H3,(H,33,37)/t18-,24?,25?,31+/m0/s1. The van der Waals surface area contributed by atoms with Crippen LogP contribution in [0.4, 0.5) is 4.79 Å². The van der Waals surface area contributed by atoms with Crippen LogP contribution in [-0.2, 0) is 23.9 Å². The van der Waals surface area contributed by atoms with E-state index >= 15 is 0 Å². The monoisotopic (exact) mass is 584 g/mol. The van der Waals surface area contributed by atoms with E-state index in [1.165, 1.54) is 0 Å². The molecule has 0 saturated heterocycles. The lowest BCUT2D eigenvalue weighted by molar-refractivity contribution is -0.159. The molecule has 3 N–H and O–H groups in total. The summed E-state index contributed by atoms with van der Waals surface area (Å²) in [5, 5.41) is 17.7. The molecule has 2 saturated carbocycles. The van der Waals surface area contributed by atoms with E-state index in [9.17, 15) is 24.3 Å². The molecule has 1 amide bonds. The predicted molar refractivity (Wildman–Crippen MR) is 151 cm³/mol. The zero-order chi connectivity index (χ0) is 30.6. The number of hydrogen-bond acceptors (Lipinski definition) is 10. The van der Waals surface area contributed by atoms with E-state index < -0.39 is 59.3 Å². The molecule has 11 nitrogen and oxygen atoms in total. The summed E-state index contributed by atoms with van der Waals surface area (Å²) in [6.07, 6.45) is 2.27. The van der Waals surface area contributed by atoms with Crippen molar-refractivity contribution in [2.45, 2.75) is 109 Å². The molecule has 0 aromatic heterocycles. The summed E-state index contributed by atoms with van der Waals surface area (Å²) in [5.74, 6) is -1.56. The normalized spacial score (nSPS) is 24.9. The second kappa shape index (κ2) is 10.6. The van der Waals surface area contributed by atoms with Crippen molar-refractivity contribution in [1.82, 2.24) is 10.6 Å². The molecule has 4 atom stereocenters. The van der Waals surface area contributed by atoms with Crippen LogP contribution in [-0.4, -0.2) is 64.4 Å². The van der Waals surface area contributed by atoms with Crippen molar-refractivity contribution in [3.8, 4) is 11.5 Å². The molecule has 1 heterocycles. The third kappa shape index (κ3) is 6.25. The largest absolute Gasteiger partial charge is 0.478 e. The topological polar surface area (TPSA) is 149 Å². The van der Waals surface area contributed by atoms with Gasteiger partial charge < -0.3 is 34.7 Å². The number of alkyl carbamates (subject to hydrolysis) is 1. The first-order chi connectivity index (χ1) is 19.5. The highest BCUT2D eigenvalue weighted by atomic mass is 16.6. The molecule has 228 valence electrons. The Morgan fingerprint density at radius 3 is 2.43 bits per heavy atom. The molecule has 1 aliphatic heterocycles. The van der Waals surface area contributed by atoms with Crippen LogP contribution in [0.25, 0.3) is 6.08 Å². The zero-order valence-corrected chi connectivity index (χ0v) is 25.0. The summed E-state index contributed by atoms with van der Waals surface area (Å²) in [7, 11) is 0. The van der Waals surface area contributed by atoms with Crippen LogP contribution < -0.4 is 20.1 Å². The fourth-order valence-electron chi connectivity index (χ4n) is 5.65. The SMILES string of the molecule is CC(C)(C)OC(=O)N[C@@H](CC(=O)Oc1ccc2c3c1OC1C(=O)CC[C@@](O)(C(NCC4CC4)=C2)C31)C(=O)OC(C)(C)C. The quantitative estimate of drug-likeness (QED) is 0.306. The Morgan fingerprint density at radius 2 is 1.79 bits per heavy atom. The fraction of sp³-hybridized carbons (Fsp3) is 0.613. The number of ether oxygens (including phenoxy) is 4. The minimum absolute atomic E-state index is 0.0614. The average Bonchev–Trinajstić information content (AvgIpc) is 3.58. The van der Waals surface area contributed by atoms with Crippen LogP contribution in [0.1, 0.15) is 90.7 Å². The molecule has 42 heavy (non-hydrogen) atoms. The maximum Gasteiger partial charge on any atom is 0.408 e. The third-order valence-electron chi connectivity index (χ3n) is 7.66. The Labute approximate surface area is 245 Å². The van der Waals surface area contributed by atoms with Gasteiger partial charge in [-0.2, -0.15) is 0 Å². The molecule has 2 fully saturated rings. The Hall–Kier alpha value is -3.60. The molecule has 1 aromatic rings.